The average molecular weight is 403 g/mol. The van der Waals surface area contributed by atoms with Crippen molar-refractivity contribution in [3.05, 3.63) is 59.9 Å². The second kappa shape index (κ2) is 8.06. The molecule has 0 fully saturated rings. The Kier molecular flexibility index (Phi) is 5.31. The lowest BCUT2D eigenvalue weighted by atomic mass is 10.0. The molecule has 8 heteroatoms. The van der Waals surface area contributed by atoms with Gasteiger partial charge >= 0.3 is 0 Å². The van der Waals surface area contributed by atoms with Crippen LogP contribution >= 0.6 is 0 Å². The smallest absolute Gasteiger partial charge is 0.251 e. The quantitative estimate of drug-likeness (QED) is 0.508. The summed E-state index contributed by atoms with van der Waals surface area (Å²) >= 11 is 0. The maximum atomic E-state index is 12.9. The Hall–Kier alpha value is -3.55. The number of nitrogens with one attached hydrogen (secondary N) is 2. The molecule has 2 aromatic heterocycles. The molecule has 1 atom stereocenters. The van der Waals surface area contributed by atoms with E-state index in [1.807, 2.05) is 50.2 Å². The first-order valence-corrected chi connectivity index (χ1v) is 10.1. The number of rotatable bonds is 6. The largest absolute Gasteiger partial charge is 0.342 e. The number of carbonyl (C=O) groups excluding carboxylic acids is 1. The number of tetrazole rings is 1. The van der Waals surface area contributed by atoms with E-state index in [-0.39, 0.29) is 23.9 Å². The number of benzene rings is 2. The minimum Gasteiger partial charge on any atom is -0.342 e. The fourth-order valence-electron chi connectivity index (χ4n) is 3.23. The highest BCUT2D eigenvalue weighted by Gasteiger charge is 2.22. The third kappa shape index (κ3) is 3.94. The van der Waals surface area contributed by atoms with Crippen molar-refractivity contribution >= 4 is 16.9 Å². The van der Waals surface area contributed by atoms with Gasteiger partial charge in [-0.3, -0.25) is 4.79 Å². The molecule has 2 heterocycles. The second-order valence-corrected chi connectivity index (χ2v) is 7.94. The van der Waals surface area contributed by atoms with Gasteiger partial charge in [-0.1, -0.05) is 38.1 Å². The summed E-state index contributed by atoms with van der Waals surface area (Å²) in [6, 6.07) is 15.0. The van der Waals surface area contributed by atoms with Crippen molar-refractivity contribution in [1.82, 2.24) is 35.5 Å². The van der Waals surface area contributed by atoms with Crippen LogP contribution in [0.2, 0.25) is 0 Å². The summed E-state index contributed by atoms with van der Waals surface area (Å²) in [4.78, 5) is 22.4. The van der Waals surface area contributed by atoms with E-state index in [0.29, 0.717) is 11.4 Å². The van der Waals surface area contributed by atoms with Crippen LogP contribution in [0.25, 0.3) is 22.4 Å². The predicted molar refractivity (Wildman–Crippen MR) is 115 cm³/mol. The Balaban J connectivity index is 1.52. The van der Waals surface area contributed by atoms with Crippen LogP contribution in [0.15, 0.2) is 48.5 Å². The third-order valence-corrected chi connectivity index (χ3v) is 4.95. The highest BCUT2D eigenvalue weighted by Crippen LogP contribution is 2.23. The molecule has 4 rings (SSSR count). The third-order valence-electron chi connectivity index (χ3n) is 4.95. The molecule has 0 saturated carbocycles. The lowest BCUT2D eigenvalue weighted by Crippen LogP contribution is -2.32. The van der Waals surface area contributed by atoms with E-state index in [0.717, 1.165) is 22.4 Å². The number of aromatic nitrogens is 6. The number of imidazole rings is 1. The highest BCUT2D eigenvalue weighted by atomic mass is 16.1. The second-order valence-electron chi connectivity index (χ2n) is 7.94. The Morgan fingerprint density at radius 1 is 1.03 bits per heavy atom. The molecule has 0 aliphatic heterocycles. The summed E-state index contributed by atoms with van der Waals surface area (Å²) in [5, 5.41) is 15.6. The summed E-state index contributed by atoms with van der Waals surface area (Å²) in [6.45, 7) is 8.11. The van der Waals surface area contributed by atoms with Crippen molar-refractivity contribution in [3.8, 4) is 11.4 Å². The molecule has 0 radical (unpaired) electrons. The summed E-state index contributed by atoms with van der Waals surface area (Å²) in [6.07, 6.45) is 0. The number of amides is 1. The normalized spacial score (nSPS) is 12.6. The molecule has 4 aromatic rings. The van der Waals surface area contributed by atoms with Gasteiger partial charge in [-0.05, 0) is 49.2 Å². The number of fused-ring (bicyclic) bond motifs is 1. The molecular formula is C22H25N7O. The van der Waals surface area contributed by atoms with Crippen LogP contribution in [0.3, 0.4) is 0 Å². The molecule has 2 N–H and O–H groups in total. The zero-order chi connectivity index (χ0) is 21.3. The average Bonchev–Trinajstić information content (AvgIpc) is 3.39. The number of hydrogen-bond donors (Lipinski definition) is 2. The van der Waals surface area contributed by atoms with Crippen LogP contribution in [0.1, 0.15) is 56.0 Å². The lowest BCUT2D eigenvalue weighted by Gasteiger charge is -2.20. The number of H-pyrrole nitrogens is 1. The van der Waals surface area contributed by atoms with E-state index < -0.39 is 0 Å². The van der Waals surface area contributed by atoms with Crippen LogP contribution in [0, 0.1) is 5.92 Å². The van der Waals surface area contributed by atoms with Gasteiger partial charge in [0.2, 0.25) is 5.82 Å². The number of aromatic amines is 1. The van der Waals surface area contributed by atoms with Crippen LogP contribution in [-0.4, -0.2) is 36.1 Å². The zero-order valence-electron chi connectivity index (χ0n) is 17.5. The fraction of sp³-hybridized carbons (Fsp3) is 0.318. The Bertz CT molecular complexity index is 1120. The number of nitrogens with zero attached hydrogens (tertiary/aromatic N) is 5. The predicted octanol–water partition coefficient (Wildman–Crippen LogP) is 3.92. The van der Waals surface area contributed by atoms with Gasteiger partial charge in [0.15, 0.2) is 0 Å². The Labute approximate surface area is 174 Å². The van der Waals surface area contributed by atoms with Gasteiger partial charge in [-0.2, -0.15) is 4.80 Å². The van der Waals surface area contributed by atoms with Gasteiger partial charge in [0.05, 0.1) is 23.1 Å². The molecule has 0 saturated heterocycles. The minimum atomic E-state index is -0.225. The molecule has 0 aliphatic carbocycles. The van der Waals surface area contributed by atoms with Crippen molar-refractivity contribution < 1.29 is 4.79 Å². The number of hydrogen-bond acceptors (Lipinski definition) is 5. The summed E-state index contributed by atoms with van der Waals surface area (Å²) < 4.78 is 0. The summed E-state index contributed by atoms with van der Waals surface area (Å²) in [5.74, 6) is 1.31. The van der Waals surface area contributed by atoms with Crippen LogP contribution < -0.4 is 5.32 Å². The van der Waals surface area contributed by atoms with Crippen LogP contribution in [0.4, 0.5) is 0 Å². The zero-order valence-corrected chi connectivity index (χ0v) is 17.5. The number of carbonyl (C=O) groups is 1. The van der Waals surface area contributed by atoms with Crippen molar-refractivity contribution in [2.75, 3.05) is 0 Å². The van der Waals surface area contributed by atoms with Gasteiger partial charge in [0.1, 0.15) is 5.82 Å². The maximum Gasteiger partial charge on any atom is 0.251 e. The molecular weight excluding hydrogens is 378 g/mol. The van der Waals surface area contributed by atoms with Crippen molar-refractivity contribution in [2.24, 2.45) is 5.92 Å². The Morgan fingerprint density at radius 2 is 1.77 bits per heavy atom. The fourth-order valence-corrected chi connectivity index (χ4v) is 3.23. The van der Waals surface area contributed by atoms with E-state index in [2.05, 4.69) is 44.5 Å². The molecule has 2 aromatic carbocycles. The SMILES string of the molecule is CC(C)C(NC(=O)c1ccc(-c2nnn(C(C)C)n2)cc1)c1nc2ccccc2[nH]1. The van der Waals surface area contributed by atoms with E-state index in [1.54, 1.807) is 16.9 Å². The molecule has 1 unspecified atom stereocenters. The molecule has 0 bridgehead atoms. The summed E-state index contributed by atoms with van der Waals surface area (Å²) in [5.41, 5.74) is 3.23. The first-order chi connectivity index (χ1) is 14.4. The van der Waals surface area contributed by atoms with Crippen molar-refractivity contribution in [2.45, 2.75) is 39.8 Å². The lowest BCUT2D eigenvalue weighted by molar-refractivity contribution is 0.0923. The van der Waals surface area contributed by atoms with Gasteiger partial charge in [-0.15, -0.1) is 10.2 Å². The molecule has 8 nitrogen and oxygen atoms in total. The molecule has 154 valence electrons. The number of para-hydroxylation sites is 2. The molecule has 1 amide bonds. The summed E-state index contributed by atoms with van der Waals surface area (Å²) in [7, 11) is 0. The monoisotopic (exact) mass is 403 g/mol. The van der Waals surface area contributed by atoms with E-state index in [9.17, 15) is 4.79 Å². The topological polar surface area (TPSA) is 101 Å². The van der Waals surface area contributed by atoms with E-state index in [4.69, 9.17) is 0 Å². The first kappa shape index (κ1) is 19.8. The van der Waals surface area contributed by atoms with Gasteiger partial charge in [0, 0.05) is 11.1 Å². The molecule has 0 spiro atoms. The van der Waals surface area contributed by atoms with Crippen molar-refractivity contribution in [3.63, 3.8) is 0 Å². The first-order valence-electron chi connectivity index (χ1n) is 10.1. The molecule has 0 aliphatic rings. The van der Waals surface area contributed by atoms with Crippen molar-refractivity contribution in [1.29, 1.82) is 0 Å². The maximum absolute atomic E-state index is 12.9. The minimum absolute atomic E-state index is 0.141. The van der Waals surface area contributed by atoms with E-state index >= 15 is 0 Å². The molecule has 30 heavy (non-hydrogen) atoms. The van der Waals surface area contributed by atoms with Gasteiger partial charge in [-0.25, -0.2) is 4.98 Å². The standard InChI is InChI=1S/C22H25N7O/c1-13(2)19(21-23-17-7-5-6-8-18(17)24-21)25-22(30)16-11-9-15(10-12-16)20-26-28-29(27-20)14(3)4/h5-14,19H,1-4H3,(H,23,24)(H,25,30). The highest BCUT2D eigenvalue weighted by molar-refractivity contribution is 5.94. The van der Waals surface area contributed by atoms with E-state index in [1.165, 1.54) is 0 Å². The van der Waals surface area contributed by atoms with Gasteiger partial charge < -0.3 is 10.3 Å². The van der Waals surface area contributed by atoms with Gasteiger partial charge in [0.25, 0.3) is 5.91 Å². The Morgan fingerprint density at radius 3 is 2.40 bits per heavy atom. The van der Waals surface area contributed by atoms with Crippen LogP contribution in [0.5, 0.6) is 0 Å². The van der Waals surface area contributed by atoms with Crippen LogP contribution in [-0.2, 0) is 0 Å².